The topological polar surface area (TPSA) is 38.8 Å². The lowest BCUT2D eigenvalue weighted by Crippen LogP contribution is -2.18. The van der Waals surface area contributed by atoms with E-state index in [2.05, 4.69) is 13.8 Å². The quantitative estimate of drug-likeness (QED) is 0.103. The van der Waals surface area contributed by atoms with Gasteiger partial charge in [0.15, 0.2) is 0 Å². The molecule has 2 unspecified atom stereocenters. The van der Waals surface area contributed by atoms with E-state index in [1.807, 2.05) is 0 Å². The molecule has 1 aliphatic rings. The van der Waals surface area contributed by atoms with Crippen LogP contribution in [0.3, 0.4) is 0 Å². The van der Waals surface area contributed by atoms with Crippen LogP contribution in [0.25, 0.3) is 0 Å². The number of carbonyl (C=O) groups excluding carboxylic acids is 1. The van der Waals surface area contributed by atoms with Crippen LogP contribution in [0.5, 0.6) is 0 Å². The molecule has 0 aromatic carbocycles. The number of unbranched alkanes of at least 4 members (excludes halogenated alkanes) is 13. The van der Waals surface area contributed by atoms with Gasteiger partial charge in [0.25, 0.3) is 0 Å². The van der Waals surface area contributed by atoms with Gasteiger partial charge in [0.05, 0.1) is 25.2 Å². The lowest BCUT2D eigenvalue weighted by Gasteiger charge is -2.16. The average Bonchev–Trinajstić information content (AvgIpc) is 3.55. The van der Waals surface area contributed by atoms with Crippen LogP contribution in [0.2, 0.25) is 0 Å². The highest BCUT2D eigenvalue weighted by Gasteiger charge is 2.21. The first-order valence-corrected chi connectivity index (χ1v) is 13.1. The molecule has 0 bridgehead atoms. The van der Waals surface area contributed by atoms with Crippen molar-refractivity contribution >= 4 is 5.97 Å². The molecule has 3 heteroatoms. The van der Waals surface area contributed by atoms with Crippen LogP contribution in [-0.4, -0.2) is 25.3 Å². The third-order valence-electron chi connectivity index (χ3n) is 6.21. The molecule has 1 fully saturated rings. The molecule has 0 radical (unpaired) electrons. The first-order valence-electron chi connectivity index (χ1n) is 13.1. The second-order valence-corrected chi connectivity index (χ2v) is 9.14. The molecular formula is C26H50O3. The van der Waals surface area contributed by atoms with Crippen LogP contribution in [-0.2, 0) is 14.3 Å². The standard InChI is InChI=1S/C26H50O3/c1-3-5-7-9-12-16-20-24(19-15-8-6-4-2)26(27)28-22-18-14-11-10-13-17-21-25-23-29-25/h24-25H,3-23H2,1-2H3. The predicted molar refractivity (Wildman–Crippen MR) is 123 cm³/mol. The van der Waals surface area contributed by atoms with E-state index in [4.69, 9.17) is 9.47 Å². The van der Waals surface area contributed by atoms with Crippen molar-refractivity contribution in [2.45, 2.75) is 142 Å². The lowest BCUT2D eigenvalue weighted by atomic mass is 9.94. The second-order valence-electron chi connectivity index (χ2n) is 9.14. The van der Waals surface area contributed by atoms with Crippen molar-refractivity contribution < 1.29 is 14.3 Å². The number of ether oxygens (including phenoxy) is 2. The van der Waals surface area contributed by atoms with Gasteiger partial charge in [0, 0.05) is 0 Å². The van der Waals surface area contributed by atoms with Crippen molar-refractivity contribution in [3.05, 3.63) is 0 Å². The normalized spacial score (nSPS) is 16.7. The molecule has 0 amide bonds. The minimum Gasteiger partial charge on any atom is -0.465 e. The van der Waals surface area contributed by atoms with Gasteiger partial charge in [0.2, 0.25) is 0 Å². The smallest absolute Gasteiger partial charge is 0.308 e. The molecule has 0 aromatic rings. The van der Waals surface area contributed by atoms with E-state index in [0.717, 1.165) is 25.9 Å². The van der Waals surface area contributed by atoms with E-state index in [0.29, 0.717) is 12.7 Å². The van der Waals surface area contributed by atoms with Crippen molar-refractivity contribution in [2.75, 3.05) is 13.2 Å². The first-order chi connectivity index (χ1) is 14.3. The monoisotopic (exact) mass is 410 g/mol. The zero-order valence-electron chi connectivity index (χ0n) is 19.7. The maximum absolute atomic E-state index is 12.6. The Hall–Kier alpha value is -0.570. The largest absolute Gasteiger partial charge is 0.465 e. The minimum absolute atomic E-state index is 0.0829. The van der Waals surface area contributed by atoms with Crippen LogP contribution in [0.15, 0.2) is 0 Å². The fourth-order valence-corrected chi connectivity index (χ4v) is 4.08. The van der Waals surface area contributed by atoms with Gasteiger partial charge in [-0.15, -0.1) is 0 Å². The summed E-state index contributed by atoms with van der Waals surface area (Å²) in [6, 6.07) is 0. The molecule has 0 aromatic heterocycles. The van der Waals surface area contributed by atoms with Gasteiger partial charge in [-0.1, -0.05) is 110 Å². The number of hydrogen-bond donors (Lipinski definition) is 0. The van der Waals surface area contributed by atoms with Crippen LogP contribution in [0.4, 0.5) is 0 Å². The highest BCUT2D eigenvalue weighted by molar-refractivity contribution is 5.72. The van der Waals surface area contributed by atoms with Crippen LogP contribution < -0.4 is 0 Å². The molecule has 0 saturated carbocycles. The SMILES string of the molecule is CCCCCCCCC(CCCCCC)C(=O)OCCCCCCCCC1CO1. The summed E-state index contributed by atoms with van der Waals surface area (Å²) in [5.41, 5.74) is 0. The molecule has 2 atom stereocenters. The Labute approximate surface area is 181 Å². The maximum Gasteiger partial charge on any atom is 0.308 e. The highest BCUT2D eigenvalue weighted by Crippen LogP contribution is 2.21. The average molecular weight is 411 g/mol. The summed E-state index contributed by atoms with van der Waals surface area (Å²) in [7, 11) is 0. The van der Waals surface area contributed by atoms with Crippen molar-refractivity contribution in [1.82, 2.24) is 0 Å². The van der Waals surface area contributed by atoms with Gasteiger partial charge in [-0.3, -0.25) is 4.79 Å². The summed E-state index contributed by atoms with van der Waals surface area (Å²) >= 11 is 0. The Morgan fingerprint density at radius 1 is 0.759 bits per heavy atom. The molecule has 29 heavy (non-hydrogen) atoms. The summed E-state index contributed by atoms with van der Waals surface area (Å²) in [5, 5.41) is 0. The molecular weight excluding hydrogens is 360 g/mol. The molecule has 0 spiro atoms. The summed E-state index contributed by atoms with van der Waals surface area (Å²) in [6.07, 6.45) is 24.0. The van der Waals surface area contributed by atoms with E-state index in [9.17, 15) is 4.79 Å². The van der Waals surface area contributed by atoms with Crippen molar-refractivity contribution in [3.8, 4) is 0 Å². The van der Waals surface area contributed by atoms with Gasteiger partial charge >= 0.3 is 5.97 Å². The molecule has 1 saturated heterocycles. The van der Waals surface area contributed by atoms with Crippen molar-refractivity contribution in [2.24, 2.45) is 5.92 Å². The molecule has 1 aliphatic heterocycles. The molecule has 1 rings (SSSR count). The molecule has 0 N–H and O–H groups in total. The van der Waals surface area contributed by atoms with Gasteiger partial charge in [-0.2, -0.15) is 0 Å². The second kappa shape index (κ2) is 19.4. The number of hydrogen-bond acceptors (Lipinski definition) is 3. The van der Waals surface area contributed by atoms with Crippen LogP contribution >= 0.6 is 0 Å². The number of carbonyl (C=O) groups is 1. The minimum atomic E-state index is 0.0829. The number of epoxide rings is 1. The lowest BCUT2D eigenvalue weighted by molar-refractivity contribution is -0.149. The van der Waals surface area contributed by atoms with Crippen LogP contribution in [0, 0.1) is 5.92 Å². The number of rotatable bonds is 22. The van der Waals surface area contributed by atoms with Gasteiger partial charge in [-0.05, 0) is 25.7 Å². The van der Waals surface area contributed by atoms with E-state index >= 15 is 0 Å². The Bertz CT molecular complexity index is 365. The van der Waals surface area contributed by atoms with E-state index < -0.39 is 0 Å². The van der Waals surface area contributed by atoms with E-state index in [1.54, 1.807) is 0 Å². The summed E-state index contributed by atoms with van der Waals surface area (Å²) in [6.45, 7) is 6.11. The van der Waals surface area contributed by atoms with Gasteiger partial charge in [0.1, 0.15) is 0 Å². The zero-order valence-corrected chi connectivity index (χ0v) is 19.7. The Kier molecular flexibility index (Phi) is 17.7. The third kappa shape index (κ3) is 16.9. The van der Waals surface area contributed by atoms with Crippen LogP contribution in [0.1, 0.15) is 136 Å². The van der Waals surface area contributed by atoms with Crippen molar-refractivity contribution in [1.29, 1.82) is 0 Å². The molecule has 172 valence electrons. The Morgan fingerprint density at radius 2 is 1.24 bits per heavy atom. The summed E-state index contributed by atoms with van der Waals surface area (Å²) in [4.78, 5) is 12.6. The zero-order chi connectivity index (χ0) is 21.0. The molecule has 0 aliphatic carbocycles. The Morgan fingerprint density at radius 3 is 1.83 bits per heavy atom. The Balaban J connectivity index is 2.06. The maximum atomic E-state index is 12.6. The molecule has 1 heterocycles. The summed E-state index contributed by atoms with van der Waals surface area (Å²) < 4.78 is 10.9. The van der Waals surface area contributed by atoms with E-state index in [-0.39, 0.29) is 11.9 Å². The van der Waals surface area contributed by atoms with Gasteiger partial charge < -0.3 is 9.47 Å². The van der Waals surface area contributed by atoms with Gasteiger partial charge in [-0.25, -0.2) is 0 Å². The van der Waals surface area contributed by atoms with E-state index in [1.165, 1.54) is 103 Å². The fraction of sp³-hybridized carbons (Fsp3) is 0.962. The molecule has 3 nitrogen and oxygen atoms in total. The fourth-order valence-electron chi connectivity index (χ4n) is 4.08. The number of esters is 1. The highest BCUT2D eigenvalue weighted by atomic mass is 16.6. The summed E-state index contributed by atoms with van der Waals surface area (Å²) in [5.74, 6) is 0.224. The van der Waals surface area contributed by atoms with Crippen molar-refractivity contribution in [3.63, 3.8) is 0 Å². The first kappa shape index (κ1) is 26.5. The third-order valence-corrected chi connectivity index (χ3v) is 6.21. The predicted octanol–water partition coefficient (Wildman–Crippen LogP) is 8.00.